The smallest absolute Gasteiger partial charge is 0.412 e. The first-order valence-electron chi connectivity index (χ1n) is 13.2. The molecule has 11 nitrogen and oxygen atoms in total. The van der Waals surface area contributed by atoms with Crippen LogP contribution in [-0.4, -0.2) is 57.5 Å². The van der Waals surface area contributed by atoms with E-state index in [9.17, 15) is 14.4 Å². The van der Waals surface area contributed by atoms with E-state index in [-0.39, 0.29) is 18.4 Å². The van der Waals surface area contributed by atoms with Crippen molar-refractivity contribution in [3.63, 3.8) is 0 Å². The second kappa shape index (κ2) is 12.5. The molecule has 4 aromatic rings. The number of benzene rings is 1. The molecule has 0 unspecified atom stereocenters. The van der Waals surface area contributed by atoms with Crippen molar-refractivity contribution in [1.82, 2.24) is 25.2 Å². The summed E-state index contributed by atoms with van der Waals surface area (Å²) in [5.41, 5.74) is 10.5. The fourth-order valence-electron chi connectivity index (χ4n) is 3.93. The second-order valence-corrected chi connectivity index (χ2v) is 10.7. The number of nitrogen functional groups attached to an aromatic ring is 1. The summed E-state index contributed by atoms with van der Waals surface area (Å²) < 4.78 is 5.24. The monoisotopic (exact) mass is 567 g/mol. The van der Waals surface area contributed by atoms with E-state index >= 15 is 0 Å². The summed E-state index contributed by atoms with van der Waals surface area (Å²) in [4.78, 5) is 51.5. The molecule has 0 radical (unpaired) electrons. The number of hydrogen-bond donors (Lipinski definition) is 3. The number of aromatic nitrogens is 3. The van der Waals surface area contributed by atoms with Gasteiger partial charge < -0.3 is 20.7 Å². The van der Waals surface area contributed by atoms with Crippen molar-refractivity contribution in [1.29, 1.82) is 0 Å². The Morgan fingerprint density at radius 1 is 0.881 bits per heavy atom. The molecule has 0 saturated heterocycles. The highest BCUT2D eigenvalue weighted by molar-refractivity contribution is 5.95. The van der Waals surface area contributed by atoms with Crippen LogP contribution >= 0.6 is 0 Å². The van der Waals surface area contributed by atoms with Gasteiger partial charge in [0.1, 0.15) is 11.4 Å². The molecule has 4 rings (SSSR count). The van der Waals surface area contributed by atoms with Gasteiger partial charge in [-0.25, -0.2) is 9.78 Å². The van der Waals surface area contributed by atoms with E-state index in [0.717, 1.165) is 11.1 Å². The summed E-state index contributed by atoms with van der Waals surface area (Å²) in [5, 5.41) is 5.50. The number of amides is 3. The van der Waals surface area contributed by atoms with Gasteiger partial charge in [0.15, 0.2) is 0 Å². The molecule has 0 bridgehead atoms. The van der Waals surface area contributed by atoms with Crippen LogP contribution in [0.5, 0.6) is 0 Å². The molecule has 3 aromatic heterocycles. The van der Waals surface area contributed by atoms with Crippen LogP contribution in [0.4, 0.5) is 16.3 Å². The van der Waals surface area contributed by atoms with Crippen LogP contribution in [0.1, 0.15) is 47.2 Å². The standard InChI is InChI=1S/C31H33N7O4/c1-31(2,3)42-30(41)37-23-9-6-19(7-10-23)28(39)36-18-24-14-20(12-13-33-24)22-15-25(27(32)35-17-22)26-11-8-21(16-34-26)29(40)38(4)5/h6-17H,18H2,1-5H3,(H2,32,35)(H,36,39)(H,37,41). The fraction of sp³-hybridized carbons (Fsp3) is 0.226. The molecule has 0 aliphatic rings. The van der Waals surface area contributed by atoms with Crippen molar-refractivity contribution in [2.24, 2.45) is 0 Å². The number of anilines is 2. The van der Waals surface area contributed by atoms with Gasteiger partial charge in [0.05, 0.1) is 23.5 Å². The van der Waals surface area contributed by atoms with E-state index in [1.54, 1.807) is 83.7 Å². The maximum Gasteiger partial charge on any atom is 0.412 e. The first-order chi connectivity index (χ1) is 19.9. The highest BCUT2D eigenvalue weighted by atomic mass is 16.6. The average Bonchev–Trinajstić information content (AvgIpc) is 2.95. The van der Waals surface area contributed by atoms with Crippen LogP contribution in [0, 0.1) is 0 Å². The number of nitrogens with one attached hydrogen (secondary N) is 2. The number of carbonyl (C=O) groups is 3. The third kappa shape index (κ3) is 7.66. The minimum Gasteiger partial charge on any atom is -0.444 e. The Hall–Kier alpha value is -5.32. The Bertz CT molecular complexity index is 1600. The number of ether oxygens (including phenoxy) is 1. The minimum absolute atomic E-state index is 0.141. The van der Waals surface area contributed by atoms with Crippen LogP contribution in [0.3, 0.4) is 0 Å². The molecule has 0 fully saturated rings. The first-order valence-corrected chi connectivity index (χ1v) is 13.2. The molecule has 3 amide bonds. The zero-order valence-electron chi connectivity index (χ0n) is 24.1. The summed E-state index contributed by atoms with van der Waals surface area (Å²) in [7, 11) is 3.36. The van der Waals surface area contributed by atoms with E-state index in [4.69, 9.17) is 10.5 Å². The Kier molecular flexibility index (Phi) is 8.80. The van der Waals surface area contributed by atoms with Gasteiger partial charge >= 0.3 is 6.09 Å². The number of hydrogen-bond acceptors (Lipinski definition) is 8. The van der Waals surface area contributed by atoms with Crippen LogP contribution in [0.15, 0.2) is 73.2 Å². The lowest BCUT2D eigenvalue weighted by Crippen LogP contribution is -2.27. The van der Waals surface area contributed by atoms with E-state index in [2.05, 4.69) is 25.6 Å². The maximum absolute atomic E-state index is 12.7. The first kappa shape index (κ1) is 29.7. The normalized spacial score (nSPS) is 11.0. The Morgan fingerprint density at radius 3 is 2.24 bits per heavy atom. The lowest BCUT2D eigenvalue weighted by atomic mass is 10.0. The van der Waals surface area contributed by atoms with Crippen molar-refractivity contribution < 1.29 is 19.1 Å². The van der Waals surface area contributed by atoms with Crippen LogP contribution in [0.25, 0.3) is 22.4 Å². The molecular weight excluding hydrogens is 534 g/mol. The van der Waals surface area contributed by atoms with E-state index in [0.29, 0.717) is 39.6 Å². The largest absolute Gasteiger partial charge is 0.444 e. The quantitative estimate of drug-likeness (QED) is 0.289. The topological polar surface area (TPSA) is 152 Å². The Labute approximate surface area is 244 Å². The molecule has 0 spiro atoms. The summed E-state index contributed by atoms with van der Waals surface area (Å²) in [6.07, 6.45) is 4.26. The molecule has 0 aliphatic heterocycles. The van der Waals surface area contributed by atoms with Crippen molar-refractivity contribution in [3.8, 4) is 22.4 Å². The molecule has 0 atom stereocenters. The van der Waals surface area contributed by atoms with Gasteiger partial charge in [0.25, 0.3) is 11.8 Å². The number of rotatable bonds is 7. The van der Waals surface area contributed by atoms with Crippen LogP contribution in [0.2, 0.25) is 0 Å². The molecule has 4 N–H and O–H groups in total. The van der Waals surface area contributed by atoms with E-state index in [1.165, 1.54) is 11.1 Å². The molecule has 42 heavy (non-hydrogen) atoms. The average molecular weight is 568 g/mol. The molecule has 11 heteroatoms. The molecule has 3 heterocycles. The minimum atomic E-state index is -0.611. The Balaban J connectivity index is 1.42. The predicted octanol–water partition coefficient (Wildman–Crippen LogP) is 4.77. The van der Waals surface area contributed by atoms with E-state index < -0.39 is 11.7 Å². The van der Waals surface area contributed by atoms with Crippen LogP contribution in [-0.2, 0) is 11.3 Å². The van der Waals surface area contributed by atoms with Crippen molar-refractivity contribution in [2.75, 3.05) is 25.1 Å². The molecule has 0 saturated carbocycles. The van der Waals surface area contributed by atoms with Gasteiger partial charge in [-0.1, -0.05) is 0 Å². The summed E-state index contributed by atoms with van der Waals surface area (Å²) in [6.45, 7) is 5.54. The predicted molar refractivity (Wildman–Crippen MR) is 161 cm³/mol. The van der Waals surface area contributed by atoms with Crippen molar-refractivity contribution >= 4 is 29.4 Å². The van der Waals surface area contributed by atoms with Crippen molar-refractivity contribution in [3.05, 3.63) is 90.0 Å². The molecular formula is C31H33N7O4. The van der Waals surface area contributed by atoms with Gasteiger partial charge in [-0.05, 0) is 80.9 Å². The highest BCUT2D eigenvalue weighted by Crippen LogP contribution is 2.29. The third-order valence-corrected chi connectivity index (χ3v) is 5.98. The molecule has 216 valence electrons. The lowest BCUT2D eigenvalue weighted by molar-refractivity contribution is 0.0635. The summed E-state index contributed by atoms with van der Waals surface area (Å²) in [6, 6.07) is 15.5. The second-order valence-electron chi connectivity index (χ2n) is 10.7. The fourth-order valence-corrected chi connectivity index (χ4v) is 3.93. The van der Waals surface area contributed by atoms with Gasteiger partial charge in [-0.3, -0.25) is 24.9 Å². The zero-order valence-corrected chi connectivity index (χ0v) is 24.1. The van der Waals surface area contributed by atoms with Gasteiger partial charge in [0, 0.05) is 55.1 Å². The zero-order chi connectivity index (χ0) is 30.4. The van der Waals surface area contributed by atoms with Gasteiger partial charge in [0.2, 0.25) is 0 Å². The number of carbonyl (C=O) groups excluding carboxylic acids is 3. The maximum atomic E-state index is 12.7. The SMILES string of the molecule is CN(C)C(=O)c1ccc(-c2cc(-c3ccnc(CNC(=O)c4ccc(NC(=O)OC(C)(C)C)cc4)c3)cnc2N)nc1. The Morgan fingerprint density at radius 2 is 1.60 bits per heavy atom. The van der Waals surface area contributed by atoms with Gasteiger partial charge in [-0.2, -0.15) is 0 Å². The lowest BCUT2D eigenvalue weighted by Gasteiger charge is -2.19. The molecule has 1 aromatic carbocycles. The van der Waals surface area contributed by atoms with Crippen LogP contribution < -0.4 is 16.4 Å². The van der Waals surface area contributed by atoms with Crippen molar-refractivity contribution in [2.45, 2.75) is 32.9 Å². The number of nitrogens with two attached hydrogens (primary N) is 1. The number of nitrogens with zero attached hydrogens (tertiary/aromatic N) is 4. The summed E-state index contributed by atoms with van der Waals surface area (Å²) in [5.74, 6) is -0.117. The third-order valence-electron chi connectivity index (χ3n) is 5.98. The highest BCUT2D eigenvalue weighted by Gasteiger charge is 2.17. The molecule has 0 aliphatic carbocycles. The van der Waals surface area contributed by atoms with Gasteiger partial charge in [-0.15, -0.1) is 0 Å². The number of pyridine rings is 3. The van der Waals surface area contributed by atoms with E-state index in [1.807, 2.05) is 18.2 Å². The summed E-state index contributed by atoms with van der Waals surface area (Å²) >= 11 is 0.